The van der Waals surface area contributed by atoms with Crippen LogP contribution < -0.4 is 5.32 Å². The van der Waals surface area contributed by atoms with Gasteiger partial charge >= 0.3 is 29.6 Å². The number of nitrogens with zero attached hydrogens (tertiary/aromatic N) is 1. The summed E-state index contributed by atoms with van der Waals surface area (Å²) >= 11 is 0. The summed E-state index contributed by atoms with van der Waals surface area (Å²) in [6, 6.07) is 0. The average molecular weight is 124 g/mol. The molecule has 0 rings (SSSR count). The number of hydrogen-bond donors (Lipinski definition) is 0. The summed E-state index contributed by atoms with van der Waals surface area (Å²) in [4.78, 5) is 10.2. The summed E-state index contributed by atoms with van der Waals surface area (Å²) in [6.45, 7) is 1.96. The van der Waals surface area contributed by atoms with Crippen molar-refractivity contribution in [1.82, 2.24) is 5.32 Å². The Labute approximate surface area is 72.3 Å². The van der Waals surface area contributed by atoms with Crippen LogP contribution >= 0.6 is 0 Å². The summed E-state index contributed by atoms with van der Waals surface area (Å²) < 4.78 is 0. The Bertz CT molecular complexity index is 65.4. The molecule has 0 heterocycles. The molecule has 0 fully saturated rings. The zero-order chi connectivity index (χ0) is 5.70. The zero-order valence-electron chi connectivity index (χ0n) is 4.77. The van der Waals surface area contributed by atoms with Gasteiger partial charge in [-0.3, -0.25) is 10.1 Å². The summed E-state index contributed by atoms with van der Waals surface area (Å²) in [6.07, 6.45) is 1.49. The third-order valence-electron chi connectivity index (χ3n) is 0.713. The molecule has 1 amide bonds. The van der Waals surface area contributed by atoms with Crippen LogP contribution in [0.5, 0.6) is 0 Å². The second kappa shape index (κ2) is 7.47. The van der Waals surface area contributed by atoms with E-state index in [0.29, 0.717) is 6.42 Å². The minimum atomic E-state index is 0. The van der Waals surface area contributed by atoms with Gasteiger partial charge in [0.2, 0.25) is 5.91 Å². The Morgan fingerprint density at radius 3 is 2.25 bits per heavy atom. The second-order valence-corrected chi connectivity index (χ2v) is 1.37. The summed E-state index contributed by atoms with van der Waals surface area (Å²) in [5.74, 6) is 0.00231. The first-order valence-corrected chi connectivity index (χ1v) is 2.44. The van der Waals surface area contributed by atoms with E-state index >= 15 is 0 Å². The minimum absolute atomic E-state index is 0. The molecule has 0 atom stereocenters. The van der Waals surface area contributed by atoms with Crippen LogP contribution in [0.4, 0.5) is 0 Å². The molecule has 0 aliphatic carbocycles. The van der Waals surface area contributed by atoms with Crippen molar-refractivity contribution in [2.45, 2.75) is 19.8 Å². The maximum absolute atomic E-state index is 10.2. The van der Waals surface area contributed by atoms with E-state index in [2.05, 4.69) is 5.32 Å². The second-order valence-electron chi connectivity index (χ2n) is 1.37. The number of hydrogen-bond acceptors (Lipinski definition) is 1. The molecule has 0 aromatic carbocycles. The molecule has 0 aliphatic heterocycles. The van der Waals surface area contributed by atoms with Crippen molar-refractivity contribution in [2.75, 3.05) is 7.05 Å². The maximum atomic E-state index is 10.2. The molecule has 43 valence electrons. The van der Waals surface area contributed by atoms with Gasteiger partial charge in [-0.15, -0.1) is 0 Å². The van der Waals surface area contributed by atoms with Crippen molar-refractivity contribution < 1.29 is 4.79 Å². The van der Waals surface area contributed by atoms with E-state index in [1.165, 1.54) is 7.05 Å². The third-order valence-corrected chi connectivity index (χ3v) is 0.713. The number of carbonyl (C=O) groups is 1. The van der Waals surface area contributed by atoms with Gasteiger partial charge in [0, 0.05) is 13.5 Å². The van der Waals surface area contributed by atoms with Crippen LogP contribution in [0.2, 0.25) is 0 Å². The molecule has 0 N–H and O–H groups in total. The number of carbonyl (C=O) groups excluding carboxylic acids is 1. The van der Waals surface area contributed by atoms with Crippen molar-refractivity contribution in [2.24, 2.45) is 0 Å². The van der Waals surface area contributed by atoms with Crippen LogP contribution in [0.25, 0.3) is 0 Å². The third kappa shape index (κ3) is 6.47. The molecule has 3 heteroatoms. The van der Waals surface area contributed by atoms with Crippen LogP contribution in [0.15, 0.2) is 0 Å². The van der Waals surface area contributed by atoms with Gasteiger partial charge in [-0.2, -0.15) is 0 Å². The monoisotopic (exact) mass is 124 g/mol. The Kier molecular flexibility index (Phi) is 10.5. The van der Waals surface area contributed by atoms with Gasteiger partial charge in [0.15, 0.2) is 0 Å². The van der Waals surface area contributed by atoms with Gasteiger partial charge in [-0.1, -0.05) is 6.92 Å². The van der Waals surface area contributed by atoms with E-state index in [-0.39, 0.29) is 35.5 Å². The van der Waals surface area contributed by atoms with Gasteiger partial charge in [-0.05, 0) is 6.42 Å². The van der Waals surface area contributed by atoms with E-state index in [4.69, 9.17) is 0 Å². The predicted octanol–water partition coefficient (Wildman–Crippen LogP) is -0.101. The molecular weight excluding hydrogens is 113 g/mol. The van der Waals surface area contributed by atoms with Crippen LogP contribution in [0.1, 0.15) is 19.8 Å². The van der Waals surface area contributed by atoms with E-state index in [1.54, 1.807) is 0 Å². The van der Waals surface area contributed by atoms with Gasteiger partial charge in [0.05, 0.1) is 0 Å². The topological polar surface area (TPSA) is 31.2 Å². The molecule has 0 bridgehead atoms. The molecule has 0 aromatic rings. The van der Waals surface area contributed by atoms with E-state index < -0.39 is 0 Å². The Hall–Kier alpha value is 0.470. The Morgan fingerprint density at radius 2 is 2.12 bits per heavy atom. The van der Waals surface area contributed by atoms with Crippen molar-refractivity contribution in [3.8, 4) is 0 Å². The molecule has 1 radical (unpaired) electrons. The molecule has 0 saturated carbocycles. The van der Waals surface area contributed by atoms with Crippen molar-refractivity contribution in [3.63, 3.8) is 0 Å². The molecule has 0 saturated heterocycles. The SMILES string of the molecule is CCCC(=O)[N]C.[NaH]. The molecule has 0 unspecified atom stereocenters. The molecule has 0 aromatic heterocycles. The van der Waals surface area contributed by atoms with Crippen LogP contribution in [-0.4, -0.2) is 42.5 Å². The van der Waals surface area contributed by atoms with Crippen molar-refractivity contribution in [1.29, 1.82) is 0 Å². The summed E-state index contributed by atoms with van der Waals surface area (Å²) in [7, 11) is 1.53. The van der Waals surface area contributed by atoms with Crippen LogP contribution in [-0.2, 0) is 4.79 Å². The predicted molar refractivity (Wildman–Crippen MR) is 35.1 cm³/mol. The van der Waals surface area contributed by atoms with Gasteiger partial charge in [0.1, 0.15) is 0 Å². The molecule has 8 heavy (non-hydrogen) atoms. The summed E-state index contributed by atoms with van der Waals surface area (Å²) in [5.41, 5.74) is 0. The first kappa shape index (κ1) is 11.3. The first-order valence-electron chi connectivity index (χ1n) is 2.44. The van der Waals surface area contributed by atoms with Crippen molar-refractivity contribution >= 4 is 35.5 Å². The first-order chi connectivity index (χ1) is 3.31. The molecule has 2 nitrogen and oxygen atoms in total. The fraction of sp³-hybridized carbons (Fsp3) is 0.800. The van der Waals surface area contributed by atoms with E-state index in [9.17, 15) is 4.79 Å². The normalized spacial score (nSPS) is 7.25. The molecule has 0 spiro atoms. The fourth-order valence-corrected chi connectivity index (χ4v) is 0.326. The zero-order valence-corrected chi connectivity index (χ0v) is 4.77. The number of amides is 1. The fourth-order valence-electron chi connectivity index (χ4n) is 0.326. The molecule has 0 aliphatic rings. The van der Waals surface area contributed by atoms with Crippen LogP contribution in [0, 0.1) is 0 Å². The Morgan fingerprint density at radius 1 is 1.62 bits per heavy atom. The summed E-state index contributed by atoms with van der Waals surface area (Å²) in [5, 5.41) is 3.44. The van der Waals surface area contributed by atoms with Gasteiger partial charge < -0.3 is 0 Å². The van der Waals surface area contributed by atoms with E-state index in [0.717, 1.165) is 6.42 Å². The van der Waals surface area contributed by atoms with E-state index in [1.807, 2.05) is 6.92 Å². The van der Waals surface area contributed by atoms with Gasteiger partial charge in [0.25, 0.3) is 0 Å². The molecular formula is C5H11NNaO. The standard InChI is InChI=1S/C5H10NO.Na.H/c1-3-4-5(7)6-2;;/h3-4H2,1-2H3;;. The van der Waals surface area contributed by atoms with Crippen LogP contribution in [0.3, 0.4) is 0 Å². The Balaban J connectivity index is 0. The average Bonchev–Trinajstić information content (AvgIpc) is 1.68. The van der Waals surface area contributed by atoms with Gasteiger partial charge in [-0.25, -0.2) is 0 Å². The quantitative estimate of drug-likeness (QED) is 0.473. The number of rotatable bonds is 2. The van der Waals surface area contributed by atoms with Crippen molar-refractivity contribution in [3.05, 3.63) is 0 Å².